The Morgan fingerprint density at radius 1 is 1.17 bits per heavy atom. The first-order valence-corrected chi connectivity index (χ1v) is 6.49. The number of hydrogen-bond donors (Lipinski definition) is 1. The van der Waals surface area contributed by atoms with Gasteiger partial charge in [-0.2, -0.15) is 0 Å². The summed E-state index contributed by atoms with van der Waals surface area (Å²) in [5, 5.41) is 3.38. The van der Waals surface area contributed by atoms with Crippen molar-refractivity contribution in [1.29, 1.82) is 0 Å². The summed E-state index contributed by atoms with van der Waals surface area (Å²) in [6, 6.07) is 13.1. The van der Waals surface area contributed by atoms with Gasteiger partial charge in [0.25, 0.3) is 0 Å². The van der Waals surface area contributed by atoms with Crippen molar-refractivity contribution in [1.82, 2.24) is 5.32 Å². The van der Waals surface area contributed by atoms with E-state index in [0.717, 1.165) is 24.4 Å². The van der Waals surface area contributed by atoms with Gasteiger partial charge in [-0.15, -0.1) is 0 Å². The molecule has 0 aliphatic carbocycles. The molecule has 0 fully saturated rings. The van der Waals surface area contributed by atoms with Gasteiger partial charge >= 0.3 is 0 Å². The van der Waals surface area contributed by atoms with Crippen molar-refractivity contribution in [2.75, 3.05) is 7.05 Å². The number of nitrogens with one attached hydrogen (secondary N) is 1. The molecule has 1 atom stereocenters. The van der Waals surface area contributed by atoms with Crippen LogP contribution in [-0.4, -0.2) is 7.05 Å². The maximum atomic E-state index is 5.61. The second-order valence-electron chi connectivity index (χ2n) is 4.73. The van der Waals surface area contributed by atoms with Crippen LogP contribution in [-0.2, 0) is 6.42 Å². The molecule has 1 unspecified atom stereocenters. The molecule has 0 aliphatic heterocycles. The summed E-state index contributed by atoms with van der Waals surface area (Å²) in [7, 11) is 2.01. The highest BCUT2D eigenvalue weighted by atomic mass is 16.3. The minimum absolute atomic E-state index is 0.364. The van der Waals surface area contributed by atoms with Crippen LogP contribution in [0.1, 0.15) is 35.1 Å². The van der Waals surface area contributed by atoms with E-state index in [2.05, 4.69) is 41.7 Å². The fourth-order valence-electron chi connectivity index (χ4n) is 2.41. The number of rotatable bonds is 5. The van der Waals surface area contributed by atoms with Crippen LogP contribution in [0.2, 0.25) is 0 Å². The number of benzene rings is 1. The lowest BCUT2D eigenvalue weighted by atomic mass is 9.99. The third-order valence-electron chi connectivity index (χ3n) is 3.37. The fraction of sp³-hybridized carbons (Fsp3) is 0.375. The first-order valence-electron chi connectivity index (χ1n) is 6.49. The van der Waals surface area contributed by atoms with Crippen molar-refractivity contribution >= 4 is 0 Å². The van der Waals surface area contributed by atoms with Gasteiger partial charge in [0.05, 0.1) is 0 Å². The summed E-state index contributed by atoms with van der Waals surface area (Å²) in [5.41, 5.74) is 2.67. The largest absolute Gasteiger partial charge is 0.466 e. The van der Waals surface area contributed by atoms with Gasteiger partial charge in [-0.25, -0.2) is 0 Å². The molecule has 0 amide bonds. The molecule has 2 heteroatoms. The Kier molecular flexibility index (Phi) is 4.21. The molecule has 96 valence electrons. The molecule has 2 aromatic rings. The van der Waals surface area contributed by atoms with Crippen LogP contribution in [0.25, 0.3) is 0 Å². The standard InChI is InChI=1S/C16H21NO/c1-12-11-15(13(2)18-12)16(17-3)10-9-14-7-5-4-6-8-14/h4-8,11,16-17H,9-10H2,1-3H3. The summed E-state index contributed by atoms with van der Waals surface area (Å²) in [6.07, 6.45) is 2.16. The topological polar surface area (TPSA) is 25.2 Å². The lowest BCUT2D eigenvalue weighted by Crippen LogP contribution is -2.17. The van der Waals surface area contributed by atoms with Crippen molar-refractivity contribution in [2.45, 2.75) is 32.7 Å². The van der Waals surface area contributed by atoms with Crippen molar-refractivity contribution in [3.63, 3.8) is 0 Å². The van der Waals surface area contributed by atoms with E-state index in [0.29, 0.717) is 6.04 Å². The Bertz CT molecular complexity index is 487. The van der Waals surface area contributed by atoms with Crippen LogP contribution in [0.3, 0.4) is 0 Å². The fourth-order valence-corrected chi connectivity index (χ4v) is 2.41. The van der Waals surface area contributed by atoms with E-state index in [4.69, 9.17) is 4.42 Å². The van der Waals surface area contributed by atoms with Gasteiger partial charge < -0.3 is 9.73 Å². The minimum atomic E-state index is 0.364. The summed E-state index contributed by atoms with van der Waals surface area (Å²) in [4.78, 5) is 0. The zero-order valence-corrected chi connectivity index (χ0v) is 11.4. The second-order valence-corrected chi connectivity index (χ2v) is 4.73. The number of hydrogen-bond acceptors (Lipinski definition) is 2. The first kappa shape index (κ1) is 12.9. The quantitative estimate of drug-likeness (QED) is 0.864. The average Bonchev–Trinajstić information content (AvgIpc) is 2.71. The molecular weight excluding hydrogens is 222 g/mol. The lowest BCUT2D eigenvalue weighted by Gasteiger charge is -2.15. The molecule has 0 saturated heterocycles. The van der Waals surface area contributed by atoms with Gasteiger partial charge in [-0.1, -0.05) is 30.3 Å². The van der Waals surface area contributed by atoms with Gasteiger partial charge in [-0.3, -0.25) is 0 Å². The Morgan fingerprint density at radius 2 is 1.89 bits per heavy atom. The van der Waals surface area contributed by atoms with Crippen molar-refractivity contribution in [3.8, 4) is 0 Å². The van der Waals surface area contributed by atoms with Gasteiger partial charge in [0.1, 0.15) is 11.5 Å². The Morgan fingerprint density at radius 3 is 2.44 bits per heavy atom. The maximum absolute atomic E-state index is 5.61. The molecule has 0 aliphatic rings. The van der Waals surface area contributed by atoms with Gasteiger partial charge in [0.2, 0.25) is 0 Å². The van der Waals surface area contributed by atoms with E-state index < -0.39 is 0 Å². The molecule has 1 aromatic carbocycles. The highest BCUT2D eigenvalue weighted by Gasteiger charge is 2.15. The van der Waals surface area contributed by atoms with Crippen LogP contribution in [0.15, 0.2) is 40.8 Å². The van der Waals surface area contributed by atoms with Crippen molar-refractivity contribution in [3.05, 3.63) is 59.0 Å². The minimum Gasteiger partial charge on any atom is -0.466 e. The summed E-state index contributed by atoms with van der Waals surface area (Å²) in [6.45, 7) is 4.04. The normalized spacial score (nSPS) is 12.6. The van der Waals surface area contributed by atoms with E-state index in [-0.39, 0.29) is 0 Å². The van der Waals surface area contributed by atoms with Gasteiger partial charge in [-0.05, 0) is 45.4 Å². The molecule has 0 bridgehead atoms. The third-order valence-corrected chi connectivity index (χ3v) is 3.37. The molecule has 18 heavy (non-hydrogen) atoms. The van der Waals surface area contributed by atoms with Gasteiger partial charge in [0.15, 0.2) is 0 Å². The van der Waals surface area contributed by atoms with E-state index in [1.807, 2.05) is 20.9 Å². The molecule has 1 heterocycles. The molecule has 2 rings (SSSR count). The first-order chi connectivity index (χ1) is 8.70. The van der Waals surface area contributed by atoms with Crippen LogP contribution in [0, 0.1) is 13.8 Å². The van der Waals surface area contributed by atoms with Gasteiger partial charge in [0, 0.05) is 11.6 Å². The molecule has 1 N–H and O–H groups in total. The Hall–Kier alpha value is -1.54. The zero-order chi connectivity index (χ0) is 13.0. The van der Waals surface area contributed by atoms with E-state index in [9.17, 15) is 0 Å². The SMILES string of the molecule is CNC(CCc1ccccc1)c1cc(C)oc1C. The number of aryl methyl sites for hydroxylation is 3. The van der Waals surface area contributed by atoms with Crippen LogP contribution in [0.5, 0.6) is 0 Å². The predicted octanol–water partition coefficient (Wildman–Crippen LogP) is 3.79. The molecule has 0 saturated carbocycles. The second kappa shape index (κ2) is 5.87. The summed E-state index contributed by atoms with van der Waals surface area (Å²) in [5.74, 6) is 2.02. The monoisotopic (exact) mass is 243 g/mol. The van der Waals surface area contributed by atoms with Crippen LogP contribution < -0.4 is 5.32 Å². The highest BCUT2D eigenvalue weighted by molar-refractivity contribution is 5.24. The highest BCUT2D eigenvalue weighted by Crippen LogP contribution is 2.25. The molecule has 1 aromatic heterocycles. The third kappa shape index (κ3) is 3.02. The van der Waals surface area contributed by atoms with Crippen LogP contribution >= 0.6 is 0 Å². The van der Waals surface area contributed by atoms with E-state index in [1.165, 1.54) is 11.1 Å². The summed E-state index contributed by atoms with van der Waals surface area (Å²) >= 11 is 0. The smallest absolute Gasteiger partial charge is 0.105 e. The van der Waals surface area contributed by atoms with Crippen molar-refractivity contribution < 1.29 is 4.42 Å². The molecule has 0 spiro atoms. The van der Waals surface area contributed by atoms with E-state index >= 15 is 0 Å². The Balaban J connectivity index is 2.04. The Labute approximate surface area is 109 Å². The van der Waals surface area contributed by atoms with E-state index in [1.54, 1.807) is 0 Å². The average molecular weight is 243 g/mol. The lowest BCUT2D eigenvalue weighted by molar-refractivity contribution is 0.484. The molecule has 0 radical (unpaired) electrons. The van der Waals surface area contributed by atoms with Crippen molar-refractivity contribution in [2.24, 2.45) is 0 Å². The van der Waals surface area contributed by atoms with Crippen LogP contribution in [0.4, 0.5) is 0 Å². The zero-order valence-electron chi connectivity index (χ0n) is 11.4. The maximum Gasteiger partial charge on any atom is 0.105 e. The molecular formula is C16H21NO. The number of furan rings is 1. The predicted molar refractivity (Wildman–Crippen MR) is 74.7 cm³/mol. The molecule has 2 nitrogen and oxygen atoms in total. The summed E-state index contributed by atoms with van der Waals surface area (Å²) < 4.78 is 5.61.